The predicted molar refractivity (Wildman–Crippen MR) is 116 cm³/mol. The SMILES string of the molecule is COc1ccc(-n2c(C)cc(/C=C(\C#N)C(=O)NCCCc3nc(C)no3)c2C)cc1. The third kappa shape index (κ3) is 5.20. The summed E-state index contributed by atoms with van der Waals surface area (Å²) in [6.07, 6.45) is 2.83. The number of ether oxygens (including phenoxy) is 1. The van der Waals surface area contributed by atoms with Gasteiger partial charge in [-0.2, -0.15) is 10.2 Å². The normalized spacial score (nSPS) is 11.3. The minimum atomic E-state index is -0.404. The summed E-state index contributed by atoms with van der Waals surface area (Å²) >= 11 is 0. The number of methoxy groups -OCH3 is 1. The molecule has 0 bridgehead atoms. The van der Waals surface area contributed by atoms with Crippen LogP contribution in [0.5, 0.6) is 5.75 Å². The summed E-state index contributed by atoms with van der Waals surface area (Å²) in [6, 6.07) is 11.7. The van der Waals surface area contributed by atoms with Crippen LogP contribution < -0.4 is 10.1 Å². The molecular weight excluding hydrogens is 394 g/mol. The third-order valence-electron chi connectivity index (χ3n) is 4.89. The van der Waals surface area contributed by atoms with E-state index in [9.17, 15) is 10.1 Å². The first-order valence-electron chi connectivity index (χ1n) is 9.95. The van der Waals surface area contributed by atoms with Gasteiger partial charge in [-0.05, 0) is 69.2 Å². The fourth-order valence-electron chi connectivity index (χ4n) is 3.34. The maximum atomic E-state index is 12.5. The van der Waals surface area contributed by atoms with Gasteiger partial charge in [0.15, 0.2) is 5.82 Å². The van der Waals surface area contributed by atoms with Gasteiger partial charge in [-0.3, -0.25) is 4.79 Å². The van der Waals surface area contributed by atoms with E-state index in [1.165, 1.54) is 0 Å². The van der Waals surface area contributed by atoms with Gasteiger partial charge in [0.2, 0.25) is 5.89 Å². The average molecular weight is 419 g/mol. The molecule has 8 nitrogen and oxygen atoms in total. The molecule has 1 aromatic carbocycles. The summed E-state index contributed by atoms with van der Waals surface area (Å²) in [5, 5.41) is 16.0. The molecule has 8 heteroatoms. The molecule has 1 N–H and O–H groups in total. The van der Waals surface area contributed by atoms with Crippen molar-refractivity contribution in [3.63, 3.8) is 0 Å². The number of carbonyl (C=O) groups is 1. The fraction of sp³-hybridized carbons (Fsp3) is 0.304. The molecule has 1 amide bonds. The van der Waals surface area contributed by atoms with Gasteiger partial charge in [0, 0.05) is 30.0 Å². The molecule has 3 aromatic rings. The Morgan fingerprint density at radius 1 is 1.29 bits per heavy atom. The number of hydrogen-bond donors (Lipinski definition) is 1. The highest BCUT2D eigenvalue weighted by Gasteiger charge is 2.14. The van der Waals surface area contributed by atoms with Gasteiger partial charge in [-0.25, -0.2) is 0 Å². The third-order valence-corrected chi connectivity index (χ3v) is 4.89. The van der Waals surface area contributed by atoms with Crippen LogP contribution in [0.4, 0.5) is 0 Å². The van der Waals surface area contributed by atoms with Crippen LogP contribution in [0, 0.1) is 32.1 Å². The van der Waals surface area contributed by atoms with Crippen LogP contribution in [-0.2, 0) is 11.2 Å². The average Bonchev–Trinajstić information content (AvgIpc) is 3.31. The first-order valence-corrected chi connectivity index (χ1v) is 9.95. The summed E-state index contributed by atoms with van der Waals surface area (Å²) in [5.41, 5.74) is 3.80. The zero-order valence-corrected chi connectivity index (χ0v) is 18.1. The molecule has 0 spiro atoms. The topological polar surface area (TPSA) is 106 Å². The Morgan fingerprint density at radius 2 is 2.03 bits per heavy atom. The van der Waals surface area contributed by atoms with E-state index >= 15 is 0 Å². The van der Waals surface area contributed by atoms with E-state index in [1.807, 2.05) is 50.2 Å². The van der Waals surface area contributed by atoms with E-state index in [0.29, 0.717) is 31.1 Å². The van der Waals surface area contributed by atoms with Gasteiger partial charge in [0.25, 0.3) is 5.91 Å². The number of nitrogens with one attached hydrogen (secondary N) is 1. The monoisotopic (exact) mass is 419 g/mol. The zero-order valence-electron chi connectivity index (χ0n) is 18.1. The number of aryl methyl sites for hydroxylation is 3. The second kappa shape index (κ2) is 9.76. The summed E-state index contributed by atoms with van der Waals surface area (Å²) in [7, 11) is 1.63. The molecule has 0 aliphatic heterocycles. The molecule has 0 unspecified atom stereocenters. The largest absolute Gasteiger partial charge is 0.497 e. The predicted octanol–water partition coefficient (Wildman–Crippen LogP) is 3.45. The number of benzene rings is 1. The van der Waals surface area contributed by atoms with Crippen molar-refractivity contribution in [2.75, 3.05) is 13.7 Å². The molecule has 0 saturated carbocycles. The lowest BCUT2D eigenvalue weighted by atomic mass is 10.1. The summed E-state index contributed by atoms with van der Waals surface area (Å²) in [4.78, 5) is 16.6. The Kier molecular flexibility index (Phi) is 6.88. The number of hydrogen-bond acceptors (Lipinski definition) is 6. The number of nitriles is 1. The second-order valence-corrected chi connectivity index (χ2v) is 7.12. The van der Waals surface area contributed by atoms with E-state index in [1.54, 1.807) is 20.1 Å². The van der Waals surface area contributed by atoms with Gasteiger partial charge >= 0.3 is 0 Å². The minimum absolute atomic E-state index is 0.0589. The van der Waals surface area contributed by atoms with E-state index in [0.717, 1.165) is 28.4 Å². The molecule has 0 atom stereocenters. The van der Waals surface area contributed by atoms with Crippen molar-refractivity contribution in [1.82, 2.24) is 20.0 Å². The van der Waals surface area contributed by atoms with Crippen LogP contribution in [0.1, 0.15) is 35.1 Å². The molecule has 31 heavy (non-hydrogen) atoms. The number of carbonyl (C=O) groups excluding carboxylic acids is 1. The van der Waals surface area contributed by atoms with Crippen LogP contribution in [0.3, 0.4) is 0 Å². The Bertz CT molecular complexity index is 1130. The van der Waals surface area contributed by atoms with Crippen LogP contribution in [0.25, 0.3) is 11.8 Å². The van der Waals surface area contributed by atoms with E-state index in [4.69, 9.17) is 9.26 Å². The molecule has 0 fully saturated rings. The standard InChI is InChI=1S/C23H25N5O3/c1-15-12-18(16(2)28(15)20-7-9-21(30-4)10-8-20)13-19(14-24)23(29)25-11-5-6-22-26-17(3)27-31-22/h7-10,12-13H,5-6,11H2,1-4H3,(H,25,29)/b19-13+. The molecule has 0 radical (unpaired) electrons. The molecule has 0 aliphatic carbocycles. The lowest BCUT2D eigenvalue weighted by Crippen LogP contribution is -2.25. The van der Waals surface area contributed by atoms with Crippen molar-refractivity contribution in [2.24, 2.45) is 0 Å². The van der Waals surface area contributed by atoms with Gasteiger partial charge in [-0.1, -0.05) is 5.16 Å². The highest BCUT2D eigenvalue weighted by molar-refractivity contribution is 6.01. The van der Waals surface area contributed by atoms with Gasteiger partial charge in [-0.15, -0.1) is 0 Å². The number of aromatic nitrogens is 3. The highest BCUT2D eigenvalue weighted by Crippen LogP contribution is 2.24. The zero-order chi connectivity index (χ0) is 22.4. The summed E-state index contributed by atoms with van der Waals surface area (Å²) in [5.74, 6) is 1.50. The van der Waals surface area contributed by atoms with E-state index in [2.05, 4.69) is 20.0 Å². The first kappa shape index (κ1) is 21.8. The van der Waals surface area contributed by atoms with Crippen LogP contribution in [-0.4, -0.2) is 34.3 Å². The first-order chi connectivity index (χ1) is 14.9. The fourth-order valence-corrected chi connectivity index (χ4v) is 3.34. The molecule has 2 heterocycles. The smallest absolute Gasteiger partial charge is 0.261 e. The summed E-state index contributed by atoms with van der Waals surface area (Å²) in [6.45, 7) is 6.11. The van der Waals surface area contributed by atoms with Gasteiger partial charge < -0.3 is 19.1 Å². The Morgan fingerprint density at radius 3 is 2.65 bits per heavy atom. The maximum absolute atomic E-state index is 12.5. The minimum Gasteiger partial charge on any atom is -0.497 e. The quantitative estimate of drug-likeness (QED) is 0.341. The van der Waals surface area contributed by atoms with Gasteiger partial charge in [0.05, 0.1) is 7.11 Å². The Balaban J connectivity index is 1.69. The number of rotatable bonds is 8. The number of amides is 1. The number of nitrogens with zero attached hydrogens (tertiary/aromatic N) is 4. The molecule has 160 valence electrons. The molecule has 0 aliphatic rings. The van der Waals surface area contributed by atoms with Crippen molar-refractivity contribution in [2.45, 2.75) is 33.6 Å². The molecule has 0 saturated heterocycles. The van der Waals surface area contributed by atoms with Crippen molar-refractivity contribution in [3.8, 4) is 17.5 Å². The van der Waals surface area contributed by atoms with Crippen LogP contribution in [0.15, 0.2) is 40.4 Å². The molecule has 3 rings (SSSR count). The van der Waals surface area contributed by atoms with E-state index < -0.39 is 5.91 Å². The van der Waals surface area contributed by atoms with Crippen molar-refractivity contribution >= 4 is 12.0 Å². The van der Waals surface area contributed by atoms with Crippen molar-refractivity contribution < 1.29 is 14.1 Å². The lowest BCUT2D eigenvalue weighted by Gasteiger charge is -2.10. The Hall–Kier alpha value is -3.86. The van der Waals surface area contributed by atoms with Crippen molar-refractivity contribution in [1.29, 1.82) is 5.26 Å². The van der Waals surface area contributed by atoms with E-state index in [-0.39, 0.29) is 5.57 Å². The Labute approximate surface area is 181 Å². The second-order valence-electron chi connectivity index (χ2n) is 7.12. The van der Waals surface area contributed by atoms with Crippen molar-refractivity contribution in [3.05, 3.63) is 64.6 Å². The highest BCUT2D eigenvalue weighted by atomic mass is 16.5. The van der Waals surface area contributed by atoms with Gasteiger partial charge in [0.1, 0.15) is 17.4 Å². The maximum Gasteiger partial charge on any atom is 0.261 e. The van der Waals surface area contributed by atoms with Crippen LogP contribution >= 0.6 is 0 Å². The lowest BCUT2D eigenvalue weighted by molar-refractivity contribution is -0.117. The summed E-state index contributed by atoms with van der Waals surface area (Å²) < 4.78 is 12.3. The molecule has 2 aromatic heterocycles. The molecular formula is C23H25N5O3. The van der Waals surface area contributed by atoms with Crippen LogP contribution in [0.2, 0.25) is 0 Å².